The molecule has 0 saturated carbocycles. The summed E-state index contributed by atoms with van der Waals surface area (Å²) in [6, 6.07) is 53.1. The van der Waals surface area contributed by atoms with Gasteiger partial charge in [0.2, 0.25) is 0 Å². The first kappa shape index (κ1) is 34.3. The number of furan rings is 3. The minimum atomic E-state index is -0.0521. The van der Waals surface area contributed by atoms with Gasteiger partial charge in [0.25, 0.3) is 0 Å². The Morgan fingerprint density at radius 1 is 0.492 bits per heavy atom. The molecule has 61 heavy (non-hydrogen) atoms. The van der Waals surface area contributed by atoms with Crippen molar-refractivity contribution in [3.05, 3.63) is 204 Å². The Kier molecular flexibility index (Phi) is 7.55. The van der Waals surface area contributed by atoms with E-state index in [1.807, 2.05) is 24.3 Å². The molecular formula is C56H37NO4. The number of nitrogens with zero attached hydrogens (tertiary/aromatic N) is 1. The molecule has 10 aromatic rings. The van der Waals surface area contributed by atoms with Crippen molar-refractivity contribution in [2.24, 2.45) is 10.9 Å². The van der Waals surface area contributed by atoms with E-state index in [2.05, 4.69) is 146 Å². The van der Waals surface area contributed by atoms with E-state index in [4.69, 9.17) is 23.0 Å². The van der Waals surface area contributed by atoms with Gasteiger partial charge >= 0.3 is 0 Å². The second-order valence-electron chi connectivity index (χ2n) is 16.4. The van der Waals surface area contributed by atoms with Gasteiger partial charge in [0.15, 0.2) is 5.76 Å². The third-order valence-corrected chi connectivity index (χ3v) is 12.8. The van der Waals surface area contributed by atoms with Crippen molar-refractivity contribution in [2.75, 3.05) is 0 Å². The summed E-state index contributed by atoms with van der Waals surface area (Å²) in [5.41, 5.74) is 15.0. The molecule has 13 rings (SSSR count). The normalized spacial score (nSPS) is 16.9. The van der Waals surface area contributed by atoms with Crippen LogP contribution < -0.4 is 0 Å². The molecule has 5 nitrogen and oxygen atoms in total. The maximum atomic E-state index is 7.00. The van der Waals surface area contributed by atoms with Crippen molar-refractivity contribution in [3.8, 4) is 11.1 Å². The minimum Gasteiger partial charge on any atom is -0.458 e. The van der Waals surface area contributed by atoms with Gasteiger partial charge in [-0.1, -0.05) is 121 Å². The Morgan fingerprint density at radius 2 is 1.10 bits per heavy atom. The van der Waals surface area contributed by atoms with E-state index in [1.165, 1.54) is 11.1 Å². The molecular weight excluding hydrogens is 751 g/mol. The maximum Gasteiger partial charge on any atom is 0.156 e. The molecule has 1 aliphatic carbocycles. The lowest BCUT2D eigenvalue weighted by Gasteiger charge is -2.19. The number of ether oxygens (including phenoxy) is 1. The molecule has 290 valence electrons. The third kappa shape index (κ3) is 5.43. The average Bonchev–Trinajstić information content (AvgIpc) is 4.09. The number of benzene rings is 7. The van der Waals surface area contributed by atoms with Gasteiger partial charge in [0.1, 0.15) is 39.3 Å². The standard InChI is InChI=1S/C56H37NO4/c1-2-12-33(13-3-1)34-24-29-52-46(32-34)53-56(61-52)41(40-18-10-17-39-37-14-5-9-23-49(37)59-54(39)40)16-4-7-21-47(57-53)43-20-11-19-42-45-31-36(26-28-51(45)60-55(42)43)35-25-27-50-44(30-35)38-15-6-8-22-48(38)58-50/h1-3,5-6,8-20,22-31,46H,4,7,21,32H2. The molecule has 5 heterocycles. The number of hydrogen-bond donors (Lipinski definition) is 0. The van der Waals surface area contributed by atoms with Crippen LogP contribution in [0.5, 0.6) is 0 Å². The molecule has 0 bridgehead atoms. The zero-order valence-electron chi connectivity index (χ0n) is 33.2. The molecule has 2 aliphatic heterocycles. The van der Waals surface area contributed by atoms with Gasteiger partial charge < -0.3 is 18.0 Å². The fraction of sp³-hybridized carbons (Fsp3) is 0.0893. The summed E-state index contributed by atoms with van der Waals surface area (Å²) in [5.74, 6) is 1.67. The first-order valence-corrected chi connectivity index (χ1v) is 21.2. The van der Waals surface area contributed by atoms with E-state index < -0.39 is 0 Å². The fourth-order valence-corrected chi connectivity index (χ4v) is 9.85. The van der Waals surface area contributed by atoms with Crippen LogP contribution in [0.3, 0.4) is 0 Å². The zero-order valence-corrected chi connectivity index (χ0v) is 33.2. The van der Waals surface area contributed by atoms with Crippen molar-refractivity contribution in [1.82, 2.24) is 0 Å². The Bertz CT molecular complexity index is 3620. The molecule has 0 spiro atoms. The zero-order chi connectivity index (χ0) is 40.0. The molecule has 1 unspecified atom stereocenters. The topological polar surface area (TPSA) is 61.0 Å². The highest BCUT2D eigenvalue weighted by molar-refractivity contribution is 6.16. The number of para-hydroxylation sites is 4. The Labute approximate surface area is 350 Å². The second-order valence-corrected chi connectivity index (χ2v) is 16.4. The Hall–Kier alpha value is -7.63. The van der Waals surface area contributed by atoms with Crippen LogP contribution in [0.4, 0.5) is 0 Å². The van der Waals surface area contributed by atoms with Crippen molar-refractivity contribution < 1.29 is 18.0 Å². The fourth-order valence-electron chi connectivity index (χ4n) is 9.85. The predicted molar refractivity (Wildman–Crippen MR) is 247 cm³/mol. The van der Waals surface area contributed by atoms with Gasteiger partial charge in [-0.15, -0.1) is 0 Å². The van der Waals surface area contributed by atoms with Gasteiger partial charge in [-0.2, -0.15) is 0 Å². The van der Waals surface area contributed by atoms with Gasteiger partial charge in [-0.3, -0.25) is 4.99 Å². The molecule has 3 aliphatic rings. The van der Waals surface area contributed by atoms with E-state index in [0.29, 0.717) is 0 Å². The van der Waals surface area contributed by atoms with Crippen LogP contribution in [0, 0.1) is 5.92 Å². The van der Waals surface area contributed by atoms with Crippen LogP contribution in [0.2, 0.25) is 0 Å². The Balaban J connectivity index is 0.963. The maximum absolute atomic E-state index is 7.00. The van der Waals surface area contributed by atoms with Crippen molar-refractivity contribution >= 4 is 82.7 Å². The number of fused-ring (bicyclic) bond motifs is 11. The summed E-state index contributed by atoms with van der Waals surface area (Å²) in [4.78, 5) is 5.74. The lowest BCUT2D eigenvalue weighted by molar-refractivity contribution is 0.320. The van der Waals surface area contributed by atoms with E-state index in [9.17, 15) is 0 Å². The number of allylic oxidation sites excluding steroid dienone is 5. The number of hydrogen-bond acceptors (Lipinski definition) is 5. The summed E-state index contributed by atoms with van der Waals surface area (Å²) in [6.45, 7) is 0. The number of aliphatic imine (C=N–C) groups is 1. The lowest BCUT2D eigenvalue weighted by atomic mass is 9.86. The smallest absolute Gasteiger partial charge is 0.156 e. The van der Waals surface area contributed by atoms with Crippen LogP contribution >= 0.6 is 0 Å². The van der Waals surface area contributed by atoms with Crippen LogP contribution in [-0.2, 0) is 4.74 Å². The SMILES string of the molecule is C1=C(c2ccccc2)CC2C(=C1)OC1=C2N=C(c2cccc3c2oc2ccc(-c4ccc5oc6ccccc6c5c4)cc23)CCCC=C1c1cccc2c1oc1ccccc12. The summed E-state index contributed by atoms with van der Waals surface area (Å²) in [5, 5.41) is 6.60. The molecule has 0 saturated heterocycles. The molecule has 7 aromatic carbocycles. The van der Waals surface area contributed by atoms with Crippen LogP contribution in [0.25, 0.3) is 88.1 Å². The van der Waals surface area contributed by atoms with Gasteiger partial charge in [0.05, 0.1) is 17.3 Å². The second kappa shape index (κ2) is 13.4. The molecule has 0 amide bonds. The summed E-state index contributed by atoms with van der Waals surface area (Å²) >= 11 is 0. The van der Waals surface area contributed by atoms with Gasteiger partial charge in [-0.25, -0.2) is 0 Å². The van der Waals surface area contributed by atoms with E-state index >= 15 is 0 Å². The lowest BCUT2D eigenvalue weighted by Crippen LogP contribution is -2.09. The third-order valence-electron chi connectivity index (χ3n) is 12.8. The van der Waals surface area contributed by atoms with E-state index in [0.717, 1.165) is 142 Å². The minimum absolute atomic E-state index is 0.0521. The monoisotopic (exact) mass is 787 g/mol. The summed E-state index contributed by atoms with van der Waals surface area (Å²) in [6.07, 6.45) is 10.0. The van der Waals surface area contributed by atoms with Crippen LogP contribution in [0.15, 0.2) is 205 Å². The molecule has 5 heteroatoms. The summed E-state index contributed by atoms with van der Waals surface area (Å²) in [7, 11) is 0. The molecule has 3 aromatic heterocycles. The summed E-state index contributed by atoms with van der Waals surface area (Å²) < 4.78 is 26.6. The Morgan fingerprint density at radius 3 is 1.89 bits per heavy atom. The highest BCUT2D eigenvalue weighted by atomic mass is 16.5. The highest BCUT2D eigenvalue weighted by Gasteiger charge is 2.38. The first-order valence-electron chi connectivity index (χ1n) is 21.2. The van der Waals surface area contributed by atoms with Gasteiger partial charge in [0, 0.05) is 49.0 Å². The molecule has 1 atom stereocenters. The quantitative estimate of drug-likeness (QED) is 0.178. The molecule has 0 fully saturated rings. The molecule has 0 radical (unpaired) electrons. The van der Waals surface area contributed by atoms with Crippen molar-refractivity contribution in [2.45, 2.75) is 25.7 Å². The highest BCUT2D eigenvalue weighted by Crippen LogP contribution is 2.50. The van der Waals surface area contributed by atoms with Crippen molar-refractivity contribution in [3.63, 3.8) is 0 Å². The average molecular weight is 788 g/mol. The molecule has 0 N–H and O–H groups in total. The van der Waals surface area contributed by atoms with Crippen LogP contribution in [0.1, 0.15) is 42.4 Å². The largest absolute Gasteiger partial charge is 0.458 e. The van der Waals surface area contributed by atoms with Gasteiger partial charge in [-0.05, 0) is 96.5 Å². The first-order chi connectivity index (χ1) is 30.2. The van der Waals surface area contributed by atoms with Crippen molar-refractivity contribution in [1.29, 1.82) is 0 Å². The van der Waals surface area contributed by atoms with E-state index in [-0.39, 0.29) is 5.92 Å². The van der Waals surface area contributed by atoms with Crippen LogP contribution in [-0.4, -0.2) is 5.71 Å². The van der Waals surface area contributed by atoms with E-state index in [1.54, 1.807) is 0 Å². The predicted octanol–water partition coefficient (Wildman–Crippen LogP) is 15.3. The number of rotatable bonds is 4.